The molecule has 2 rings (SSSR count). The van der Waals surface area contributed by atoms with Crippen LogP contribution in [0, 0.1) is 0 Å². The van der Waals surface area contributed by atoms with Gasteiger partial charge in [-0.2, -0.15) is 23.4 Å². The van der Waals surface area contributed by atoms with Crippen molar-refractivity contribution < 1.29 is 23.1 Å². The van der Waals surface area contributed by atoms with Crippen LogP contribution in [0.5, 0.6) is 0 Å². The number of hydrogen-bond donors (Lipinski definition) is 5. The molecule has 0 aromatic heterocycles. The van der Waals surface area contributed by atoms with Gasteiger partial charge in [-0.05, 0) is 43.5 Å². The van der Waals surface area contributed by atoms with Crippen LogP contribution in [0.15, 0.2) is 64.8 Å². The second kappa shape index (κ2) is 12.6. The van der Waals surface area contributed by atoms with Gasteiger partial charge in [-0.3, -0.25) is 10.9 Å². The number of hydrogen-bond acceptors (Lipinski definition) is 5. The summed E-state index contributed by atoms with van der Waals surface area (Å²) in [5.74, 6) is -1.10. The first-order valence-corrected chi connectivity index (χ1v) is 10.6. The standard InChI is InChI=1S/C21H21F3N6O2S2/c1-2-25-19(33)29-28-17(14-8-10-15(11-9-14)18(31)32)16(13-6-4-3-5-7-13)27-30-20(34)26-12-21(22,23)24/h3-11H,2,12H2,1H3,(H,31,32)(H2,25,29,33)(H2,26,30,34). The summed E-state index contributed by atoms with van der Waals surface area (Å²) in [5.41, 5.74) is 6.63. The Kier molecular flexibility index (Phi) is 9.89. The van der Waals surface area contributed by atoms with Crippen molar-refractivity contribution >= 4 is 52.1 Å². The molecule has 0 saturated carbocycles. The minimum absolute atomic E-state index is 0.0630. The molecule has 0 aliphatic carbocycles. The Morgan fingerprint density at radius 1 is 0.853 bits per heavy atom. The first-order chi connectivity index (χ1) is 16.1. The molecule has 0 atom stereocenters. The van der Waals surface area contributed by atoms with Crippen molar-refractivity contribution in [2.45, 2.75) is 13.1 Å². The fourth-order valence-electron chi connectivity index (χ4n) is 2.51. The number of carboxylic acids is 1. The smallest absolute Gasteiger partial charge is 0.405 e. The third-order valence-electron chi connectivity index (χ3n) is 4.00. The molecule has 13 heteroatoms. The lowest BCUT2D eigenvalue weighted by Crippen LogP contribution is -2.39. The molecule has 0 amide bonds. The third kappa shape index (κ3) is 8.75. The maximum atomic E-state index is 12.5. The predicted molar refractivity (Wildman–Crippen MR) is 132 cm³/mol. The number of hydrazone groups is 2. The molecular formula is C21H21F3N6O2S2. The van der Waals surface area contributed by atoms with E-state index in [1.54, 1.807) is 30.3 Å². The monoisotopic (exact) mass is 510 g/mol. The quantitative estimate of drug-likeness (QED) is 0.210. The molecule has 0 unspecified atom stereocenters. The normalized spacial score (nSPS) is 12.0. The Labute approximate surface area is 204 Å². The number of carbonyl (C=O) groups is 1. The number of aromatic carboxylic acids is 1. The van der Waals surface area contributed by atoms with Gasteiger partial charge in [-0.15, -0.1) is 0 Å². The molecule has 34 heavy (non-hydrogen) atoms. The van der Waals surface area contributed by atoms with E-state index in [4.69, 9.17) is 24.4 Å². The van der Waals surface area contributed by atoms with Crippen LogP contribution in [0.3, 0.4) is 0 Å². The molecule has 2 aromatic rings. The van der Waals surface area contributed by atoms with E-state index in [0.29, 0.717) is 17.7 Å². The Bertz CT molecular complexity index is 1070. The van der Waals surface area contributed by atoms with E-state index in [2.05, 4.69) is 26.4 Å². The molecule has 0 saturated heterocycles. The third-order valence-corrected chi connectivity index (χ3v) is 4.47. The Morgan fingerprint density at radius 2 is 1.32 bits per heavy atom. The van der Waals surface area contributed by atoms with Crippen LogP contribution >= 0.6 is 24.4 Å². The SMILES string of the molecule is CCNC(=S)NN=C(C(=NNC(=S)NCC(F)(F)F)c1ccccc1)c1ccc(C(=O)O)cc1. The van der Waals surface area contributed by atoms with Gasteiger partial charge in [0.15, 0.2) is 10.2 Å². The molecule has 0 aliphatic heterocycles. The highest BCUT2D eigenvalue weighted by atomic mass is 32.1. The summed E-state index contributed by atoms with van der Waals surface area (Å²) in [6, 6.07) is 14.5. The summed E-state index contributed by atoms with van der Waals surface area (Å²) in [7, 11) is 0. The highest BCUT2D eigenvalue weighted by Gasteiger charge is 2.27. The van der Waals surface area contributed by atoms with Crippen LogP contribution < -0.4 is 21.5 Å². The summed E-state index contributed by atoms with van der Waals surface area (Å²) in [5, 5.41) is 22.5. The number of rotatable bonds is 8. The van der Waals surface area contributed by atoms with Crippen LogP contribution in [0.1, 0.15) is 28.4 Å². The second-order valence-corrected chi connectivity index (χ2v) is 7.37. The molecule has 0 heterocycles. The van der Waals surface area contributed by atoms with Gasteiger partial charge < -0.3 is 15.7 Å². The van der Waals surface area contributed by atoms with Gasteiger partial charge in [0.05, 0.1) is 5.56 Å². The number of thiocarbonyl (C=S) groups is 2. The number of nitrogens with zero attached hydrogens (tertiary/aromatic N) is 2. The average Bonchev–Trinajstić information content (AvgIpc) is 2.80. The fourth-order valence-corrected chi connectivity index (χ4v) is 2.82. The molecular weight excluding hydrogens is 489 g/mol. The first kappa shape index (κ1) is 26.7. The van der Waals surface area contributed by atoms with Crippen LogP contribution in [-0.4, -0.2) is 52.0 Å². The summed E-state index contributed by atoms with van der Waals surface area (Å²) in [4.78, 5) is 11.2. The number of carboxylic acid groups (broad SMARTS) is 1. The molecule has 180 valence electrons. The van der Waals surface area contributed by atoms with Crippen LogP contribution in [-0.2, 0) is 0 Å². The Morgan fingerprint density at radius 3 is 1.79 bits per heavy atom. The van der Waals surface area contributed by atoms with E-state index < -0.39 is 18.7 Å². The number of nitrogens with one attached hydrogen (secondary N) is 4. The molecule has 0 spiro atoms. The van der Waals surface area contributed by atoms with E-state index >= 15 is 0 Å². The van der Waals surface area contributed by atoms with E-state index in [-0.39, 0.29) is 27.2 Å². The van der Waals surface area contributed by atoms with Gasteiger partial charge >= 0.3 is 12.1 Å². The van der Waals surface area contributed by atoms with E-state index in [0.717, 1.165) is 0 Å². The van der Waals surface area contributed by atoms with E-state index in [1.807, 2.05) is 12.2 Å². The topological polar surface area (TPSA) is 110 Å². The maximum Gasteiger partial charge on any atom is 0.405 e. The van der Waals surface area contributed by atoms with Crippen LogP contribution in [0.4, 0.5) is 13.2 Å². The van der Waals surface area contributed by atoms with Gasteiger partial charge in [0.1, 0.15) is 18.0 Å². The summed E-state index contributed by atoms with van der Waals surface area (Å²) in [6.07, 6.45) is -4.46. The minimum atomic E-state index is -4.46. The van der Waals surface area contributed by atoms with Gasteiger partial charge in [-0.1, -0.05) is 42.5 Å². The molecule has 2 aromatic carbocycles. The zero-order chi connectivity index (χ0) is 25.1. The van der Waals surface area contributed by atoms with Gasteiger partial charge in [0, 0.05) is 17.7 Å². The fraction of sp³-hybridized carbons (Fsp3) is 0.190. The lowest BCUT2D eigenvalue weighted by molar-refractivity contribution is -0.122. The van der Waals surface area contributed by atoms with Crippen molar-refractivity contribution in [1.82, 2.24) is 21.5 Å². The predicted octanol–water partition coefficient (Wildman–Crippen LogP) is 3.00. The van der Waals surface area contributed by atoms with E-state index in [1.165, 1.54) is 24.3 Å². The zero-order valence-corrected chi connectivity index (χ0v) is 19.4. The van der Waals surface area contributed by atoms with Gasteiger partial charge in [0.25, 0.3) is 0 Å². The van der Waals surface area contributed by atoms with Gasteiger partial charge in [-0.25, -0.2) is 4.79 Å². The first-order valence-electron chi connectivity index (χ1n) is 9.80. The van der Waals surface area contributed by atoms with Gasteiger partial charge in [0.2, 0.25) is 0 Å². The highest BCUT2D eigenvalue weighted by molar-refractivity contribution is 7.80. The van der Waals surface area contributed by atoms with Crippen molar-refractivity contribution in [3.8, 4) is 0 Å². The number of halogens is 3. The van der Waals surface area contributed by atoms with Crippen molar-refractivity contribution in [3.63, 3.8) is 0 Å². The molecule has 5 N–H and O–H groups in total. The lowest BCUT2D eigenvalue weighted by Gasteiger charge is -2.14. The Balaban J connectivity index is 2.49. The van der Waals surface area contributed by atoms with Crippen molar-refractivity contribution in [2.75, 3.05) is 13.1 Å². The minimum Gasteiger partial charge on any atom is -0.478 e. The number of benzene rings is 2. The maximum absolute atomic E-state index is 12.5. The van der Waals surface area contributed by atoms with E-state index in [9.17, 15) is 23.1 Å². The lowest BCUT2D eigenvalue weighted by atomic mass is 9.99. The molecule has 0 radical (unpaired) electrons. The zero-order valence-electron chi connectivity index (χ0n) is 17.8. The summed E-state index contributed by atoms with van der Waals surface area (Å²) in [6.45, 7) is 1.06. The van der Waals surface area contributed by atoms with Crippen molar-refractivity contribution in [3.05, 3.63) is 71.3 Å². The Hall–Kier alpha value is -3.58. The highest BCUT2D eigenvalue weighted by Crippen LogP contribution is 2.13. The molecule has 0 fully saturated rings. The van der Waals surface area contributed by atoms with Crippen LogP contribution in [0.2, 0.25) is 0 Å². The average molecular weight is 511 g/mol. The summed E-state index contributed by atoms with van der Waals surface area (Å²) >= 11 is 10.1. The van der Waals surface area contributed by atoms with Crippen LogP contribution in [0.25, 0.3) is 0 Å². The molecule has 8 nitrogen and oxygen atoms in total. The summed E-state index contributed by atoms with van der Waals surface area (Å²) < 4.78 is 37.5. The molecule has 0 bridgehead atoms. The van der Waals surface area contributed by atoms with Crippen molar-refractivity contribution in [1.29, 1.82) is 0 Å². The largest absolute Gasteiger partial charge is 0.478 e. The number of alkyl halides is 3. The van der Waals surface area contributed by atoms with Crippen molar-refractivity contribution in [2.24, 2.45) is 10.2 Å². The second-order valence-electron chi connectivity index (χ2n) is 6.55. The molecule has 0 aliphatic rings.